The van der Waals surface area contributed by atoms with Crippen LogP contribution in [-0.4, -0.2) is 47.6 Å². The van der Waals surface area contributed by atoms with E-state index in [0.29, 0.717) is 19.6 Å². The zero-order chi connectivity index (χ0) is 22.0. The fraction of sp³-hybridized carbons (Fsp3) is 0.450. The number of aryl methyl sites for hydroxylation is 1. The maximum absolute atomic E-state index is 15.5. The van der Waals surface area contributed by atoms with Gasteiger partial charge in [-0.05, 0) is 19.9 Å². The summed E-state index contributed by atoms with van der Waals surface area (Å²) in [6.07, 6.45) is 1.51. The maximum Gasteiger partial charge on any atom is 0.341 e. The molecule has 8 nitrogen and oxygen atoms in total. The Morgan fingerprint density at radius 3 is 2.73 bits per heavy atom. The highest BCUT2D eigenvalue weighted by Gasteiger charge is 2.30. The molecule has 3 N–H and O–H groups in total. The Labute approximate surface area is 171 Å². The lowest BCUT2D eigenvalue weighted by Crippen LogP contribution is -2.45. The van der Waals surface area contributed by atoms with Crippen molar-refractivity contribution in [2.45, 2.75) is 26.8 Å². The molecule has 1 aromatic carbocycles. The maximum atomic E-state index is 15.5. The molecule has 3 rings (SSSR count). The van der Waals surface area contributed by atoms with Crippen LogP contribution in [0.15, 0.2) is 22.2 Å². The van der Waals surface area contributed by atoms with Gasteiger partial charge in [0.2, 0.25) is 5.43 Å². The van der Waals surface area contributed by atoms with Crippen molar-refractivity contribution in [1.82, 2.24) is 4.57 Å². The molecule has 2 aromatic rings. The summed E-state index contributed by atoms with van der Waals surface area (Å²) in [6.45, 7) is 4.87. The summed E-state index contributed by atoms with van der Waals surface area (Å²) in [5, 5.41) is 13.0. The number of fused-ring (bicyclic) bond motifs is 1. The average Bonchev–Trinajstić information content (AvgIpc) is 2.73. The quantitative estimate of drug-likeness (QED) is 0.691. The van der Waals surface area contributed by atoms with Gasteiger partial charge in [0.25, 0.3) is 0 Å². The Morgan fingerprint density at radius 1 is 1.40 bits per heavy atom. The van der Waals surface area contributed by atoms with Crippen molar-refractivity contribution in [3.05, 3.63) is 39.7 Å². The van der Waals surface area contributed by atoms with Crippen molar-refractivity contribution in [3.8, 4) is 0 Å². The van der Waals surface area contributed by atoms with E-state index in [0.717, 1.165) is 18.0 Å². The highest BCUT2D eigenvalue weighted by atomic mass is 19.1. The van der Waals surface area contributed by atoms with Gasteiger partial charge < -0.3 is 25.1 Å². The fourth-order valence-electron chi connectivity index (χ4n) is 3.77. The number of carboxylic acids is 1. The highest BCUT2D eigenvalue weighted by molar-refractivity contribution is 5.94. The Balaban J connectivity index is 2.13. The molecule has 1 aliphatic rings. The van der Waals surface area contributed by atoms with Crippen LogP contribution in [0, 0.1) is 17.6 Å². The van der Waals surface area contributed by atoms with Gasteiger partial charge in [-0.25, -0.2) is 13.6 Å². The van der Waals surface area contributed by atoms with E-state index in [9.17, 15) is 19.1 Å². The predicted molar refractivity (Wildman–Crippen MR) is 109 cm³/mol. The molecule has 1 saturated heterocycles. The second-order valence-electron chi connectivity index (χ2n) is 7.01. The van der Waals surface area contributed by atoms with Gasteiger partial charge in [-0.2, -0.15) is 0 Å². The third kappa shape index (κ3) is 3.74. The van der Waals surface area contributed by atoms with Gasteiger partial charge >= 0.3 is 5.97 Å². The van der Waals surface area contributed by atoms with E-state index in [4.69, 9.17) is 10.6 Å². The lowest BCUT2D eigenvalue weighted by Gasteiger charge is -2.35. The summed E-state index contributed by atoms with van der Waals surface area (Å²) in [5.41, 5.74) is 4.74. The molecule has 0 saturated carbocycles. The van der Waals surface area contributed by atoms with Crippen molar-refractivity contribution >= 4 is 28.3 Å². The van der Waals surface area contributed by atoms with Crippen molar-refractivity contribution in [3.63, 3.8) is 0 Å². The van der Waals surface area contributed by atoms with E-state index in [1.54, 1.807) is 18.7 Å². The number of pyridine rings is 1. The van der Waals surface area contributed by atoms with Crippen molar-refractivity contribution in [2.75, 3.05) is 31.1 Å². The number of anilines is 1. The van der Waals surface area contributed by atoms with Crippen LogP contribution < -0.4 is 16.1 Å². The van der Waals surface area contributed by atoms with Crippen LogP contribution in [0.4, 0.5) is 14.5 Å². The second kappa shape index (κ2) is 8.78. The summed E-state index contributed by atoms with van der Waals surface area (Å²) in [6, 6.07) is 0.913. The second-order valence-corrected chi connectivity index (χ2v) is 7.01. The molecule has 1 unspecified atom stereocenters. The summed E-state index contributed by atoms with van der Waals surface area (Å²) in [5.74, 6) is -3.51. The van der Waals surface area contributed by atoms with E-state index in [1.807, 2.05) is 0 Å². The van der Waals surface area contributed by atoms with E-state index in [1.165, 1.54) is 4.57 Å². The molecule has 162 valence electrons. The molecule has 10 heteroatoms. The number of carbonyl (C=O) groups is 1. The van der Waals surface area contributed by atoms with E-state index in [2.05, 4.69) is 5.16 Å². The number of aromatic carboxylic acids is 1. The van der Waals surface area contributed by atoms with Crippen LogP contribution in [0.5, 0.6) is 0 Å². The molecular weight excluding hydrogens is 398 g/mol. The Kier molecular flexibility index (Phi) is 6.35. The van der Waals surface area contributed by atoms with Crippen molar-refractivity contribution in [2.24, 2.45) is 16.8 Å². The fourth-order valence-corrected chi connectivity index (χ4v) is 3.77. The summed E-state index contributed by atoms with van der Waals surface area (Å²) in [4.78, 5) is 30.5. The molecule has 0 amide bonds. The van der Waals surface area contributed by atoms with E-state index >= 15 is 4.39 Å². The molecule has 0 aliphatic carbocycles. The van der Waals surface area contributed by atoms with Gasteiger partial charge in [0.15, 0.2) is 5.82 Å². The minimum atomic E-state index is -1.45. The third-order valence-corrected chi connectivity index (χ3v) is 5.26. The van der Waals surface area contributed by atoms with Gasteiger partial charge in [0, 0.05) is 44.7 Å². The van der Waals surface area contributed by atoms with E-state index in [-0.39, 0.29) is 42.1 Å². The molecule has 0 radical (unpaired) electrons. The monoisotopic (exact) mass is 422 g/mol. The van der Waals surface area contributed by atoms with Gasteiger partial charge in [-0.15, -0.1) is 0 Å². The first-order valence-electron chi connectivity index (χ1n) is 9.76. The smallest absolute Gasteiger partial charge is 0.341 e. The highest BCUT2D eigenvalue weighted by Crippen LogP contribution is 2.32. The third-order valence-electron chi connectivity index (χ3n) is 5.26. The predicted octanol–water partition coefficient (Wildman–Crippen LogP) is 2.18. The normalized spacial score (nSPS) is 18.2. The van der Waals surface area contributed by atoms with Gasteiger partial charge in [0.1, 0.15) is 23.7 Å². The first-order chi connectivity index (χ1) is 14.3. The van der Waals surface area contributed by atoms with Crippen LogP contribution >= 0.6 is 0 Å². The lowest BCUT2D eigenvalue weighted by atomic mass is 9.95. The molecule has 1 atom stereocenters. The number of carboxylic acid groups (broad SMARTS) is 1. The number of nitrogens with two attached hydrogens (primary N) is 1. The molecule has 0 spiro atoms. The summed E-state index contributed by atoms with van der Waals surface area (Å²) in [7, 11) is 0. The number of hydrogen-bond donors (Lipinski definition) is 2. The number of piperidine rings is 1. The van der Waals surface area contributed by atoms with Crippen LogP contribution in [0.2, 0.25) is 0 Å². The van der Waals surface area contributed by atoms with Crippen molar-refractivity contribution < 1.29 is 23.5 Å². The number of oxime groups is 1. The molecule has 0 bridgehead atoms. The zero-order valence-electron chi connectivity index (χ0n) is 16.8. The number of rotatable bonds is 6. The number of aromatic nitrogens is 1. The molecule has 1 fully saturated rings. The Hall–Kier alpha value is -3.01. The van der Waals surface area contributed by atoms with Crippen LogP contribution in [0.3, 0.4) is 0 Å². The standard InChI is InChI=1S/C20H24F2N4O4/c1-3-25-10-13(20(28)29)19(27)12-7-14(21)18(16(22)17(12)25)26-6-5-15(24-30-4-2)11(8-23)9-26/h7,10-11H,3-6,8-9,23H2,1-2H3,(H,28,29)/b24-15+. The van der Waals surface area contributed by atoms with E-state index < -0.39 is 28.6 Å². The van der Waals surface area contributed by atoms with Gasteiger partial charge in [-0.3, -0.25) is 4.79 Å². The summed E-state index contributed by atoms with van der Waals surface area (Å²) >= 11 is 0. The lowest BCUT2D eigenvalue weighted by molar-refractivity contribution is 0.0694. The van der Waals surface area contributed by atoms with Crippen LogP contribution in [-0.2, 0) is 11.4 Å². The molecule has 1 aliphatic heterocycles. The van der Waals surface area contributed by atoms with Gasteiger partial charge in [-0.1, -0.05) is 5.16 Å². The average molecular weight is 422 g/mol. The topological polar surface area (TPSA) is 110 Å². The Morgan fingerprint density at radius 2 is 2.13 bits per heavy atom. The number of halogens is 2. The first kappa shape index (κ1) is 21.7. The zero-order valence-corrected chi connectivity index (χ0v) is 16.8. The Bertz CT molecular complexity index is 1070. The number of nitrogens with zero attached hydrogens (tertiary/aromatic N) is 3. The molecule has 2 heterocycles. The first-order valence-corrected chi connectivity index (χ1v) is 9.76. The molecule has 1 aromatic heterocycles. The van der Waals surface area contributed by atoms with Crippen LogP contribution in [0.1, 0.15) is 30.6 Å². The summed E-state index contributed by atoms with van der Waals surface area (Å²) < 4.78 is 31.8. The van der Waals surface area contributed by atoms with Crippen molar-refractivity contribution in [1.29, 1.82) is 0 Å². The minimum Gasteiger partial charge on any atom is -0.477 e. The molecule has 30 heavy (non-hydrogen) atoms. The molecular formula is C20H24F2N4O4. The van der Waals surface area contributed by atoms with Gasteiger partial charge in [0.05, 0.1) is 16.6 Å². The minimum absolute atomic E-state index is 0.123. The number of hydrogen-bond acceptors (Lipinski definition) is 6. The SMILES string of the molecule is CCO/N=C1\CCN(c2c(F)cc3c(=O)c(C(=O)O)cn(CC)c3c2F)CC1CN. The largest absolute Gasteiger partial charge is 0.477 e. The number of benzene rings is 1. The van der Waals surface area contributed by atoms with Crippen LogP contribution in [0.25, 0.3) is 10.9 Å².